The molecule has 0 spiro atoms. The molecule has 0 amide bonds. The first-order valence-corrected chi connectivity index (χ1v) is 5.53. The molecule has 15 heteroatoms. The van der Waals surface area contributed by atoms with Gasteiger partial charge in [-0.25, -0.2) is 0 Å². The van der Waals surface area contributed by atoms with Crippen LogP contribution in [0.4, 0.5) is 43.4 Å². The molecule has 4 nitrogen and oxygen atoms in total. The smallest absolute Gasteiger partial charge is 0.401 e. The van der Waals surface area contributed by atoms with Crippen LogP contribution in [-0.4, -0.2) is 32.5 Å². The minimum Gasteiger partial charge on any atom is -0.401 e. The van der Waals surface area contributed by atoms with Crippen molar-refractivity contribution in [1.29, 1.82) is 0 Å². The van der Waals surface area contributed by atoms with Gasteiger partial charge in [0.25, 0.3) is 0 Å². The second-order valence-electron chi connectivity index (χ2n) is 3.03. The maximum atomic E-state index is 12.5. The Morgan fingerprint density at radius 2 is 1.38 bits per heavy atom. The average molecular weight is 360 g/mol. The Labute approximate surface area is 109 Å². The highest BCUT2D eigenvalue weighted by atomic mass is 32.3. The van der Waals surface area contributed by atoms with Crippen molar-refractivity contribution >= 4 is 10.2 Å². The molecule has 126 valence electrons. The van der Waals surface area contributed by atoms with Crippen molar-refractivity contribution in [3.63, 3.8) is 0 Å². The molecule has 0 aliphatic rings. The van der Waals surface area contributed by atoms with E-state index in [4.69, 9.17) is 0 Å². The fraction of sp³-hybridized carbons (Fsp3) is 0.667. The quantitative estimate of drug-likeness (QED) is 0.398. The molecule has 21 heavy (non-hydrogen) atoms. The number of hydrogen-bond donors (Lipinski definition) is 0. The van der Waals surface area contributed by atoms with Crippen molar-refractivity contribution in [1.82, 2.24) is 0 Å². The van der Waals surface area contributed by atoms with Gasteiger partial charge in [0.2, 0.25) is 0 Å². The molecule has 0 aliphatic heterocycles. The van der Waals surface area contributed by atoms with E-state index in [1.807, 2.05) is 0 Å². The maximum Gasteiger partial charge on any atom is 0.464 e. The Bertz CT molecular complexity index is 508. The lowest BCUT2D eigenvalue weighted by atomic mass is 10.6. The summed E-state index contributed by atoms with van der Waals surface area (Å²) in [7, 11) is -7.26. The lowest BCUT2D eigenvalue weighted by Gasteiger charge is -2.24. The molecule has 0 rings (SSSR count). The van der Waals surface area contributed by atoms with Crippen LogP contribution in [0.15, 0.2) is 12.1 Å². The van der Waals surface area contributed by atoms with Gasteiger partial charge in [-0.05, 0) is 0 Å². The van der Waals surface area contributed by atoms with Crippen LogP contribution >= 0.6 is 0 Å². The summed E-state index contributed by atoms with van der Waals surface area (Å²) < 4.78 is 146. The van der Waals surface area contributed by atoms with E-state index >= 15 is 0 Å². The molecular weight excluding hydrogens is 358 g/mol. The van der Waals surface area contributed by atoms with E-state index in [1.165, 1.54) is 0 Å². The van der Waals surface area contributed by atoms with Crippen LogP contribution < -0.4 is 0 Å². The number of alkyl halides is 6. The summed E-state index contributed by atoms with van der Waals surface area (Å²) in [6.07, 6.45) is -15.1. The number of rotatable bonds is 7. The van der Waals surface area contributed by atoms with Crippen LogP contribution in [-0.2, 0) is 19.7 Å². The van der Waals surface area contributed by atoms with Gasteiger partial charge in [-0.15, -0.1) is 0 Å². The van der Waals surface area contributed by atoms with Crippen molar-refractivity contribution in [2.75, 3.05) is 6.61 Å². The van der Waals surface area contributed by atoms with E-state index in [2.05, 4.69) is 9.47 Å². The zero-order valence-electron chi connectivity index (χ0n) is 9.03. The standard InChI is InChI=1S/C6H2F10O4S/c7-2(8)3(9)20-4(10,11)1-19-5(12,13)6(14,15)21(16,17)18/h1H2. The van der Waals surface area contributed by atoms with Crippen molar-refractivity contribution in [3.05, 3.63) is 12.1 Å². The van der Waals surface area contributed by atoms with Crippen molar-refractivity contribution in [2.24, 2.45) is 0 Å². The fourth-order valence-electron chi connectivity index (χ4n) is 0.600. The van der Waals surface area contributed by atoms with Crippen LogP contribution in [0.25, 0.3) is 0 Å². The number of hydrogen-bond acceptors (Lipinski definition) is 4. The van der Waals surface area contributed by atoms with Crippen molar-refractivity contribution < 1.29 is 61.3 Å². The Balaban J connectivity index is 5.04. The predicted octanol–water partition coefficient (Wildman–Crippen LogP) is 3.13. The molecule has 0 aliphatic carbocycles. The minimum absolute atomic E-state index is 2.45. The normalized spacial score (nSPS) is 14.0. The van der Waals surface area contributed by atoms with Gasteiger partial charge in [-0.1, -0.05) is 3.89 Å². The van der Waals surface area contributed by atoms with Crippen molar-refractivity contribution in [2.45, 2.75) is 17.5 Å². The minimum atomic E-state index is -7.26. The molecule has 0 fully saturated rings. The molecule has 0 radical (unpaired) electrons. The van der Waals surface area contributed by atoms with E-state index in [0.29, 0.717) is 0 Å². The molecule has 0 saturated carbocycles. The average Bonchev–Trinajstić information content (AvgIpc) is 2.24. The second-order valence-corrected chi connectivity index (χ2v) is 4.42. The summed E-state index contributed by atoms with van der Waals surface area (Å²) in [6, 6.07) is -3.23. The molecule has 0 N–H and O–H groups in total. The highest BCUT2D eigenvalue weighted by molar-refractivity contribution is 7.87. The monoisotopic (exact) mass is 360 g/mol. The van der Waals surface area contributed by atoms with Crippen LogP contribution in [0.2, 0.25) is 0 Å². The van der Waals surface area contributed by atoms with Gasteiger partial charge in [0.15, 0.2) is 6.61 Å². The zero-order valence-corrected chi connectivity index (χ0v) is 9.84. The summed E-state index contributed by atoms with van der Waals surface area (Å²) >= 11 is 0. The summed E-state index contributed by atoms with van der Waals surface area (Å²) in [4.78, 5) is 0. The lowest BCUT2D eigenvalue weighted by Crippen LogP contribution is -2.49. The largest absolute Gasteiger partial charge is 0.464 e. The Kier molecular flexibility index (Phi) is 5.51. The molecule has 0 bridgehead atoms. The van der Waals surface area contributed by atoms with Crippen LogP contribution in [0.1, 0.15) is 0 Å². The van der Waals surface area contributed by atoms with Gasteiger partial charge >= 0.3 is 39.8 Å². The predicted molar refractivity (Wildman–Crippen MR) is 42.3 cm³/mol. The maximum absolute atomic E-state index is 12.5. The number of halogens is 10. The van der Waals surface area contributed by atoms with E-state index in [-0.39, 0.29) is 0 Å². The third-order valence-electron chi connectivity index (χ3n) is 1.45. The molecule has 0 saturated heterocycles. The Morgan fingerprint density at radius 1 is 0.952 bits per heavy atom. The van der Waals surface area contributed by atoms with Crippen LogP contribution in [0.3, 0.4) is 0 Å². The first kappa shape index (κ1) is 19.8. The first-order chi connectivity index (χ1) is 9.03. The second kappa shape index (κ2) is 5.86. The van der Waals surface area contributed by atoms with E-state index < -0.39 is 46.4 Å². The Hall–Kier alpha value is -1.25. The SMILES string of the molecule is O=S(=O)(F)C(F)(F)C(F)(F)OCC(F)(F)OC(F)=C(F)F. The highest BCUT2D eigenvalue weighted by Crippen LogP contribution is 2.41. The zero-order chi connectivity index (χ0) is 17.3. The molecule has 0 atom stereocenters. The van der Waals surface area contributed by atoms with Gasteiger partial charge in [0, 0.05) is 0 Å². The van der Waals surface area contributed by atoms with E-state index in [1.54, 1.807) is 0 Å². The van der Waals surface area contributed by atoms with Gasteiger partial charge in [-0.2, -0.15) is 47.9 Å². The van der Waals surface area contributed by atoms with Gasteiger partial charge in [0.1, 0.15) is 0 Å². The topological polar surface area (TPSA) is 52.6 Å². The van der Waals surface area contributed by atoms with Gasteiger partial charge in [-0.3, -0.25) is 0 Å². The third-order valence-corrected chi connectivity index (χ3v) is 2.30. The third kappa shape index (κ3) is 4.90. The van der Waals surface area contributed by atoms with Gasteiger partial charge in [0.05, 0.1) is 0 Å². The first-order valence-electron chi connectivity index (χ1n) is 4.15. The fourth-order valence-corrected chi connectivity index (χ4v) is 0.943. The highest BCUT2D eigenvalue weighted by Gasteiger charge is 2.69. The van der Waals surface area contributed by atoms with E-state index in [0.717, 1.165) is 0 Å². The molecule has 0 aromatic rings. The Morgan fingerprint density at radius 3 is 1.71 bits per heavy atom. The summed E-state index contributed by atoms with van der Waals surface area (Å²) in [6.45, 7) is -2.99. The summed E-state index contributed by atoms with van der Waals surface area (Å²) in [5, 5.41) is -6.56. The number of ether oxygens (including phenoxy) is 2. The molecule has 0 unspecified atom stereocenters. The van der Waals surface area contributed by atoms with Crippen molar-refractivity contribution in [3.8, 4) is 0 Å². The lowest BCUT2D eigenvalue weighted by molar-refractivity contribution is -0.358. The van der Waals surface area contributed by atoms with Crippen LogP contribution in [0.5, 0.6) is 0 Å². The van der Waals surface area contributed by atoms with Gasteiger partial charge < -0.3 is 9.47 Å². The van der Waals surface area contributed by atoms with E-state index in [9.17, 15) is 51.8 Å². The summed E-state index contributed by atoms with van der Waals surface area (Å²) in [5.74, 6) is 0. The summed E-state index contributed by atoms with van der Waals surface area (Å²) in [5.41, 5.74) is 0. The molecule has 0 aromatic carbocycles. The van der Waals surface area contributed by atoms with Crippen LogP contribution in [0, 0.1) is 0 Å². The molecule has 0 aromatic heterocycles. The molecule has 0 heterocycles. The molecular formula is C6H2F10O4S.